The van der Waals surface area contributed by atoms with E-state index < -0.39 is 0 Å². The Morgan fingerprint density at radius 3 is 2.33 bits per heavy atom. The van der Waals surface area contributed by atoms with Crippen molar-refractivity contribution in [1.29, 1.82) is 0 Å². The Hall–Kier alpha value is -0.0400. The molecule has 1 rings (SSSR count). The van der Waals surface area contributed by atoms with Crippen LogP contribution in [0, 0.1) is 11.8 Å². The van der Waals surface area contributed by atoms with Crippen molar-refractivity contribution in [3.8, 4) is 0 Å². The van der Waals surface area contributed by atoms with E-state index in [-0.39, 0.29) is 0 Å². The van der Waals surface area contributed by atoms with E-state index in [1.165, 1.54) is 32.2 Å². The molecule has 4 atom stereocenters. The third-order valence-electron chi connectivity index (χ3n) is 4.54. The van der Waals surface area contributed by atoms with Crippen LogP contribution in [-0.4, -0.2) is 23.5 Å². The number of hydrogen-bond acceptors (Lipinski definition) is 1. The van der Waals surface area contributed by atoms with Crippen LogP contribution in [-0.2, 0) is 0 Å². The van der Waals surface area contributed by atoms with Gasteiger partial charge in [0.15, 0.2) is 0 Å². The standard InChI is InChI=1S/C14H29N/c1-6-11(3)12(4)10-15-13(5)8-9-14(15)7-2/h11-14H,6-10H2,1-5H3/t11?,12?,13-,14?/m1/s1. The summed E-state index contributed by atoms with van der Waals surface area (Å²) < 4.78 is 0. The number of hydrogen-bond donors (Lipinski definition) is 0. The summed E-state index contributed by atoms with van der Waals surface area (Å²) in [5.74, 6) is 1.72. The third-order valence-corrected chi connectivity index (χ3v) is 4.54. The van der Waals surface area contributed by atoms with Crippen LogP contribution in [0.15, 0.2) is 0 Å². The van der Waals surface area contributed by atoms with Crippen LogP contribution >= 0.6 is 0 Å². The Kier molecular flexibility index (Phi) is 5.11. The lowest BCUT2D eigenvalue weighted by atomic mass is 9.92. The maximum Gasteiger partial charge on any atom is 0.00961 e. The minimum atomic E-state index is 0.821. The average molecular weight is 211 g/mol. The molecule has 1 saturated heterocycles. The highest BCUT2D eigenvalue weighted by atomic mass is 15.2. The van der Waals surface area contributed by atoms with Crippen molar-refractivity contribution >= 4 is 0 Å². The molecule has 1 nitrogen and oxygen atoms in total. The monoisotopic (exact) mass is 211 g/mol. The molecule has 1 heteroatoms. The van der Waals surface area contributed by atoms with Gasteiger partial charge in [-0.25, -0.2) is 0 Å². The first kappa shape index (κ1) is 13.0. The van der Waals surface area contributed by atoms with Gasteiger partial charge in [-0.05, 0) is 38.0 Å². The van der Waals surface area contributed by atoms with E-state index in [0.717, 1.165) is 23.9 Å². The van der Waals surface area contributed by atoms with Crippen molar-refractivity contribution in [1.82, 2.24) is 4.90 Å². The summed E-state index contributed by atoms with van der Waals surface area (Å²) in [5.41, 5.74) is 0. The van der Waals surface area contributed by atoms with Gasteiger partial charge in [0.05, 0.1) is 0 Å². The summed E-state index contributed by atoms with van der Waals surface area (Å²) in [7, 11) is 0. The fraction of sp³-hybridized carbons (Fsp3) is 1.00. The van der Waals surface area contributed by atoms with Gasteiger partial charge in [0, 0.05) is 18.6 Å². The fourth-order valence-corrected chi connectivity index (χ4v) is 2.81. The molecule has 0 N–H and O–H groups in total. The van der Waals surface area contributed by atoms with Crippen LogP contribution in [0.4, 0.5) is 0 Å². The highest BCUT2D eigenvalue weighted by molar-refractivity contribution is 4.85. The topological polar surface area (TPSA) is 3.24 Å². The van der Waals surface area contributed by atoms with Crippen LogP contribution in [0.1, 0.15) is 60.3 Å². The van der Waals surface area contributed by atoms with E-state index in [0.29, 0.717) is 0 Å². The summed E-state index contributed by atoms with van der Waals surface area (Å²) in [6.07, 6.45) is 5.48. The van der Waals surface area contributed by atoms with Gasteiger partial charge in [-0.2, -0.15) is 0 Å². The predicted molar refractivity (Wildman–Crippen MR) is 68.1 cm³/mol. The van der Waals surface area contributed by atoms with Gasteiger partial charge in [-0.15, -0.1) is 0 Å². The van der Waals surface area contributed by atoms with Gasteiger partial charge in [0.2, 0.25) is 0 Å². The van der Waals surface area contributed by atoms with Gasteiger partial charge < -0.3 is 0 Å². The Labute approximate surface area is 96.2 Å². The maximum atomic E-state index is 2.76. The molecule has 0 aromatic rings. The molecule has 0 aliphatic carbocycles. The molecule has 1 heterocycles. The van der Waals surface area contributed by atoms with E-state index in [2.05, 4.69) is 39.5 Å². The Morgan fingerprint density at radius 1 is 1.13 bits per heavy atom. The highest BCUT2D eigenvalue weighted by Gasteiger charge is 2.30. The van der Waals surface area contributed by atoms with Crippen molar-refractivity contribution in [3.63, 3.8) is 0 Å². The van der Waals surface area contributed by atoms with E-state index in [1.807, 2.05) is 0 Å². The van der Waals surface area contributed by atoms with E-state index in [1.54, 1.807) is 0 Å². The smallest absolute Gasteiger partial charge is 0.00961 e. The van der Waals surface area contributed by atoms with Gasteiger partial charge in [0.25, 0.3) is 0 Å². The lowest BCUT2D eigenvalue weighted by Crippen LogP contribution is -2.38. The molecule has 1 fully saturated rings. The molecular formula is C14H29N. The van der Waals surface area contributed by atoms with Crippen LogP contribution in [0.2, 0.25) is 0 Å². The predicted octanol–water partition coefficient (Wildman–Crippen LogP) is 3.93. The zero-order valence-corrected chi connectivity index (χ0v) is 11.3. The lowest BCUT2D eigenvalue weighted by Gasteiger charge is -2.32. The molecule has 90 valence electrons. The average Bonchev–Trinajstić information content (AvgIpc) is 2.59. The molecule has 0 aromatic carbocycles. The molecule has 1 aliphatic heterocycles. The summed E-state index contributed by atoms with van der Waals surface area (Å²) in [4.78, 5) is 2.76. The fourth-order valence-electron chi connectivity index (χ4n) is 2.81. The second-order valence-corrected chi connectivity index (χ2v) is 5.55. The highest BCUT2D eigenvalue weighted by Crippen LogP contribution is 2.28. The molecule has 3 unspecified atom stereocenters. The SMILES string of the molecule is CCC(C)C(C)CN1C(CC)CC[C@H]1C. The molecule has 15 heavy (non-hydrogen) atoms. The van der Waals surface area contributed by atoms with Crippen molar-refractivity contribution in [2.45, 2.75) is 72.4 Å². The quantitative estimate of drug-likeness (QED) is 0.666. The zero-order valence-electron chi connectivity index (χ0n) is 11.3. The second-order valence-electron chi connectivity index (χ2n) is 5.55. The van der Waals surface area contributed by atoms with Crippen LogP contribution in [0.25, 0.3) is 0 Å². The third kappa shape index (κ3) is 3.21. The molecule has 0 bridgehead atoms. The summed E-state index contributed by atoms with van der Waals surface area (Å²) >= 11 is 0. The molecular weight excluding hydrogens is 182 g/mol. The minimum absolute atomic E-state index is 0.821. The largest absolute Gasteiger partial charge is 0.297 e. The number of likely N-dealkylation sites (tertiary alicyclic amines) is 1. The van der Waals surface area contributed by atoms with Crippen molar-refractivity contribution in [2.24, 2.45) is 11.8 Å². The van der Waals surface area contributed by atoms with E-state index >= 15 is 0 Å². The van der Waals surface area contributed by atoms with Gasteiger partial charge in [0.1, 0.15) is 0 Å². The Balaban J connectivity index is 2.47. The van der Waals surface area contributed by atoms with Crippen LogP contribution in [0.3, 0.4) is 0 Å². The first-order chi connectivity index (χ1) is 7.10. The van der Waals surface area contributed by atoms with Crippen LogP contribution < -0.4 is 0 Å². The lowest BCUT2D eigenvalue weighted by molar-refractivity contribution is 0.150. The minimum Gasteiger partial charge on any atom is -0.297 e. The first-order valence-corrected chi connectivity index (χ1v) is 6.85. The van der Waals surface area contributed by atoms with E-state index in [4.69, 9.17) is 0 Å². The Bertz CT molecular complexity index is 178. The number of nitrogens with zero attached hydrogens (tertiary/aromatic N) is 1. The van der Waals surface area contributed by atoms with Crippen molar-refractivity contribution in [3.05, 3.63) is 0 Å². The Morgan fingerprint density at radius 2 is 1.80 bits per heavy atom. The summed E-state index contributed by atoms with van der Waals surface area (Å²) in [6.45, 7) is 13.2. The summed E-state index contributed by atoms with van der Waals surface area (Å²) in [5, 5.41) is 0. The van der Waals surface area contributed by atoms with Crippen molar-refractivity contribution < 1.29 is 0 Å². The second kappa shape index (κ2) is 5.89. The molecule has 0 amide bonds. The van der Waals surface area contributed by atoms with Crippen molar-refractivity contribution in [2.75, 3.05) is 6.54 Å². The first-order valence-electron chi connectivity index (χ1n) is 6.85. The number of rotatable bonds is 5. The zero-order chi connectivity index (χ0) is 11.4. The molecule has 0 saturated carbocycles. The van der Waals surface area contributed by atoms with Gasteiger partial charge in [-0.1, -0.05) is 34.1 Å². The normalized spacial score (nSPS) is 31.8. The van der Waals surface area contributed by atoms with Crippen LogP contribution in [0.5, 0.6) is 0 Å². The summed E-state index contributed by atoms with van der Waals surface area (Å²) in [6, 6.07) is 1.69. The van der Waals surface area contributed by atoms with E-state index in [9.17, 15) is 0 Å². The maximum absolute atomic E-state index is 2.76. The molecule has 1 aliphatic rings. The molecule has 0 spiro atoms. The van der Waals surface area contributed by atoms with Gasteiger partial charge in [-0.3, -0.25) is 4.90 Å². The molecule has 0 radical (unpaired) electrons. The van der Waals surface area contributed by atoms with Gasteiger partial charge >= 0.3 is 0 Å². The molecule has 0 aromatic heterocycles.